The van der Waals surface area contributed by atoms with E-state index < -0.39 is 79.2 Å². The molecule has 0 radical (unpaired) electrons. The summed E-state index contributed by atoms with van der Waals surface area (Å²) in [5.41, 5.74) is 10.7. The van der Waals surface area contributed by atoms with Gasteiger partial charge in [-0.15, -0.1) is 0 Å². The Labute approximate surface area is 182 Å². The van der Waals surface area contributed by atoms with E-state index in [4.69, 9.17) is 21.7 Å². The largest absolute Gasteiger partial charge is 0.481 e. The van der Waals surface area contributed by atoms with Crippen LogP contribution < -0.4 is 27.4 Å². The normalized spacial score (nSPS) is 14.3. The number of hydrogen-bond donors (Lipinski definition) is 9. The van der Waals surface area contributed by atoms with Crippen molar-refractivity contribution in [3.05, 3.63) is 0 Å². The number of aliphatic hydroxyl groups excluding tert-OH is 1. The third-order valence-corrected chi connectivity index (χ3v) is 4.12. The van der Waals surface area contributed by atoms with Crippen LogP contribution in [-0.4, -0.2) is 93.4 Å². The summed E-state index contributed by atoms with van der Waals surface area (Å²) in [6.07, 6.45) is -0.763. The van der Waals surface area contributed by atoms with E-state index >= 15 is 0 Å². The number of hydrogen-bond acceptors (Lipinski definition) is 9. The second-order valence-corrected chi connectivity index (χ2v) is 6.79. The third-order valence-electron chi connectivity index (χ3n) is 4.12. The van der Waals surface area contributed by atoms with Crippen LogP contribution in [0.4, 0.5) is 0 Å². The van der Waals surface area contributed by atoms with Crippen molar-refractivity contribution in [1.82, 2.24) is 16.0 Å². The number of rotatable bonds is 16. The van der Waals surface area contributed by atoms with E-state index in [-0.39, 0.29) is 6.42 Å². The molecule has 4 unspecified atom stereocenters. The van der Waals surface area contributed by atoms with Crippen LogP contribution in [0.1, 0.15) is 32.1 Å². The summed E-state index contributed by atoms with van der Waals surface area (Å²) in [5, 5.41) is 42.4. The van der Waals surface area contributed by atoms with Gasteiger partial charge in [-0.05, 0) is 25.8 Å². The lowest BCUT2D eigenvalue weighted by Crippen LogP contribution is -2.58. The molecule has 4 atom stereocenters. The Morgan fingerprint density at radius 1 is 0.719 bits per heavy atom. The summed E-state index contributed by atoms with van der Waals surface area (Å²) in [4.78, 5) is 69.6. The fraction of sp³-hybridized carbons (Fsp3) is 0.647. The summed E-state index contributed by atoms with van der Waals surface area (Å²) < 4.78 is 0. The smallest absolute Gasteiger partial charge is 0.326 e. The van der Waals surface area contributed by atoms with Crippen molar-refractivity contribution in [2.24, 2.45) is 11.5 Å². The first-order valence-corrected chi connectivity index (χ1v) is 9.56. The Kier molecular flexibility index (Phi) is 13.1. The van der Waals surface area contributed by atoms with Crippen LogP contribution in [0.5, 0.6) is 0 Å². The molecule has 0 aromatic heterocycles. The third kappa shape index (κ3) is 11.2. The van der Waals surface area contributed by atoms with Crippen molar-refractivity contribution in [3.8, 4) is 0 Å². The van der Waals surface area contributed by atoms with E-state index in [0.29, 0.717) is 19.4 Å². The summed E-state index contributed by atoms with van der Waals surface area (Å²) in [6, 6.07) is -6.29. The van der Waals surface area contributed by atoms with Crippen LogP contribution in [0, 0.1) is 0 Å². The van der Waals surface area contributed by atoms with Crippen molar-refractivity contribution < 1.29 is 49.2 Å². The van der Waals surface area contributed by atoms with Crippen LogP contribution >= 0.6 is 0 Å². The first kappa shape index (κ1) is 28.7. The number of carbonyl (C=O) groups is 6. The highest BCUT2D eigenvalue weighted by Crippen LogP contribution is 2.02. The molecule has 15 heteroatoms. The molecule has 11 N–H and O–H groups in total. The number of amides is 3. The number of carbonyl (C=O) groups excluding carboxylic acids is 3. The SMILES string of the molecule is NCCCCC(NC(=O)C(CO)NC(=O)C(CC(=O)O)NC(=O)C(N)CC(=O)O)C(=O)O. The van der Waals surface area contributed by atoms with E-state index in [1.807, 2.05) is 10.6 Å². The minimum atomic E-state index is -1.75. The molecule has 0 heterocycles. The lowest BCUT2D eigenvalue weighted by atomic mass is 10.1. The maximum atomic E-state index is 12.4. The van der Waals surface area contributed by atoms with Gasteiger partial charge in [0.25, 0.3) is 0 Å². The van der Waals surface area contributed by atoms with Gasteiger partial charge in [-0.1, -0.05) is 0 Å². The molecule has 0 spiro atoms. The Bertz CT molecular complexity index is 701. The van der Waals surface area contributed by atoms with Gasteiger partial charge in [-0.2, -0.15) is 0 Å². The fourth-order valence-electron chi connectivity index (χ4n) is 2.43. The minimum Gasteiger partial charge on any atom is -0.481 e. The zero-order valence-corrected chi connectivity index (χ0v) is 17.2. The number of nitrogens with one attached hydrogen (secondary N) is 3. The molecular formula is C17H29N5O10. The molecule has 0 fully saturated rings. The highest BCUT2D eigenvalue weighted by Gasteiger charge is 2.31. The number of nitrogens with two attached hydrogens (primary N) is 2. The van der Waals surface area contributed by atoms with E-state index in [9.17, 15) is 39.0 Å². The van der Waals surface area contributed by atoms with Crippen LogP contribution in [0.15, 0.2) is 0 Å². The molecule has 0 saturated carbocycles. The predicted molar refractivity (Wildman–Crippen MR) is 106 cm³/mol. The van der Waals surface area contributed by atoms with Gasteiger partial charge >= 0.3 is 17.9 Å². The number of aliphatic carboxylic acids is 3. The molecule has 0 aromatic carbocycles. The molecule has 0 aliphatic rings. The maximum Gasteiger partial charge on any atom is 0.326 e. The first-order chi connectivity index (χ1) is 14.9. The van der Waals surface area contributed by atoms with Crippen LogP contribution in [0.25, 0.3) is 0 Å². The van der Waals surface area contributed by atoms with Gasteiger partial charge < -0.3 is 47.8 Å². The summed E-state index contributed by atoms with van der Waals surface area (Å²) >= 11 is 0. The van der Waals surface area contributed by atoms with E-state index in [2.05, 4.69) is 5.32 Å². The topological polar surface area (TPSA) is 271 Å². The highest BCUT2D eigenvalue weighted by molar-refractivity contribution is 5.96. The van der Waals surface area contributed by atoms with Gasteiger partial charge in [0.05, 0.1) is 25.5 Å². The predicted octanol–water partition coefficient (Wildman–Crippen LogP) is -4.08. The van der Waals surface area contributed by atoms with Gasteiger partial charge in [-0.25, -0.2) is 4.79 Å². The van der Waals surface area contributed by atoms with Crippen molar-refractivity contribution in [2.75, 3.05) is 13.2 Å². The van der Waals surface area contributed by atoms with Crippen LogP contribution in [0.3, 0.4) is 0 Å². The molecule has 15 nitrogen and oxygen atoms in total. The number of carboxylic acid groups (broad SMARTS) is 3. The Balaban J connectivity index is 5.21. The molecule has 0 aromatic rings. The van der Waals surface area contributed by atoms with Gasteiger partial charge in [0.15, 0.2) is 0 Å². The average molecular weight is 463 g/mol. The molecule has 182 valence electrons. The zero-order chi connectivity index (χ0) is 24.8. The lowest BCUT2D eigenvalue weighted by molar-refractivity contribution is -0.144. The first-order valence-electron chi connectivity index (χ1n) is 9.56. The van der Waals surface area contributed by atoms with Crippen molar-refractivity contribution in [2.45, 2.75) is 56.3 Å². The molecule has 0 aliphatic carbocycles. The molecular weight excluding hydrogens is 434 g/mol. The summed E-state index contributed by atoms with van der Waals surface area (Å²) in [5.74, 6) is -7.61. The van der Waals surface area contributed by atoms with E-state index in [1.54, 1.807) is 0 Å². The van der Waals surface area contributed by atoms with Gasteiger partial charge in [0.1, 0.15) is 18.1 Å². The van der Waals surface area contributed by atoms with Crippen molar-refractivity contribution in [1.29, 1.82) is 0 Å². The van der Waals surface area contributed by atoms with Crippen LogP contribution in [0.2, 0.25) is 0 Å². The molecule has 0 saturated heterocycles. The molecule has 32 heavy (non-hydrogen) atoms. The van der Waals surface area contributed by atoms with E-state index in [1.165, 1.54) is 0 Å². The van der Waals surface area contributed by atoms with E-state index in [0.717, 1.165) is 0 Å². The highest BCUT2D eigenvalue weighted by atomic mass is 16.4. The lowest BCUT2D eigenvalue weighted by Gasteiger charge is -2.23. The number of carboxylic acids is 3. The number of aliphatic hydroxyl groups is 1. The van der Waals surface area contributed by atoms with Gasteiger partial charge in [-0.3, -0.25) is 24.0 Å². The molecule has 0 aliphatic heterocycles. The Morgan fingerprint density at radius 2 is 1.22 bits per heavy atom. The van der Waals surface area contributed by atoms with Crippen LogP contribution in [-0.2, 0) is 28.8 Å². The second-order valence-electron chi connectivity index (χ2n) is 6.79. The molecule has 0 bridgehead atoms. The zero-order valence-electron chi connectivity index (χ0n) is 17.2. The second kappa shape index (κ2) is 14.7. The minimum absolute atomic E-state index is 0.0452. The Hall–Kier alpha value is -3.30. The molecule has 0 rings (SSSR count). The van der Waals surface area contributed by atoms with Gasteiger partial charge in [0.2, 0.25) is 17.7 Å². The Morgan fingerprint density at radius 3 is 1.69 bits per heavy atom. The number of unbranched alkanes of at least 4 members (excludes halogenated alkanes) is 1. The fourth-order valence-corrected chi connectivity index (χ4v) is 2.43. The quantitative estimate of drug-likeness (QED) is 0.0988. The maximum absolute atomic E-state index is 12.4. The summed E-state index contributed by atoms with van der Waals surface area (Å²) in [6.45, 7) is -0.638. The standard InChI is InChI=1S/C17H29N5O10/c18-4-2-1-3-9(17(31)32)20-16(30)11(7-23)22-15(29)10(6-13(26)27)21-14(28)8(19)5-12(24)25/h8-11,23H,1-7,18-19H2,(H,20,30)(H,21,28)(H,22,29)(H,24,25)(H,26,27)(H,31,32). The van der Waals surface area contributed by atoms with Gasteiger partial charge in [0, 0.05) is 0 Å². The summed E-state index contributed by atoms with van der Waals surface area (Å²) in [7, 11) is 0. The van der Waals surface area contributed by atoms with Crippen molar-refractivity contribution in [3.63, 3.8) is 0 Å². The average Bonchev–Trinajstić information content (AvgIpc) is 2.69. The van der Waals surface area contributed by atoms with Crippen molar-refractivity contribution >= 4 is 35.6 Å². The monoisotopic (exact) mass is 463 g/mol. The molecule has 3 amide bonds.